The van der Waals surface area contributed by atoms with Gasteiger partial charge >= 0.3 is 11.9 Å². The minimum atomic E-state index is -0.972. The zero-order valence-electron chi connectivity index (χ0n) is 11.9. The van der Waals surface area contributed by atoms with Crippen molar-refractivity contribution in [3.63, 3.8) is 0 Å². The van der Waals surface area contributed by atoms with E-state index in [4.69, 9.17) is 9.52 Å². The van der Waals surface area contributed by atoms with Gasteiger partial charge in [0.05, 0.1) is 11.8 Å². The van der Waals surface area contributed by atoms with Crippen LogP contribution in [0, 0.1) is 0 Å². The molecule has 0 aliphatic rings. The number of hydrogen-bond acceptors (Lipinski definition) is 4. The van der Waals surface area contributed by atoms with Crippen LogP contribution < -0.4 is 4.80 Å². The van der Waals surface area contributed by atoms with Crippen LogP contribution in [0.15, 0.2) is 63.6 Å². The number of hydrogen-bond donors (Lipinski definition) is 1. The smallest absolute Gasteiger partial charge is 0.335 e. The molecule has 0 spiro atoms. The molecule has 0 unspecified atom stereocenters. The van der Waals surface area contributed by atoms with E-state index < -0.39 is 11.9 Å². The second-order valence-electron chi connectivity index (χ2n) is 4.71. The highest BCUT2D eigenvalue weighted by Crippen LogP contribution is 2.08. The second-order valence-corrected chi connectivity index (χ2v) is 5.59. The van der Waals surface area contributed by atoms with Crippen LogP contribution in [0.5, 0.6) is 0 Å². The molecule has 0 radical (unpaired) electrons. The van der Waals surface area contributed by atoms with E-state index >= 15 is 0 Å². The molecule has 6 nitrogen and oxygen atoms in total. The SMILES string of the molecule is O=C(O)c1cccc(Cn2ccsc2=NC(=O)c2ccco2)c1. The molecule has 0 aliphatic heterocycles. The summed E-state index contributed by atoms with van der Waals surface area (Å²) in [6, 6.07) is 9.84. The van der Waals surface area contributed by atoms with Gasteiger partial charge in [0.2, 0.25) is 0 Å². The summed E-state index contributed by atoms with van der Waals surface area (Å²) in [6.45, 7) is 0.425. The average Bonchev–Trinajstić information content (AvgIpc) is 3.20. The fourth-order valence-electron chi connectivity index (χ4n) is 2.05. The number of carboxylic acids is 1. The molecule has 1 aromatic carbocycles. The van der Waals surface area contributed by atoms with Gasteiger partial charge in [-0.05, 0) is 29.8 Å². The maximum Gasteiger partial charge on any atom is 0.335 e. The van der Waals surface area contributed by atoms with Crippen LogP contribution in [-0.2, 0) is 6.54 Å². The van der Waals surface area contributed by atoms with Gasteiger partial charge in [-0.25, -0.2) is 4.79 Å². The van der Waals surface area contributed by atoms with E-state index in [0.717, 1.165) is 5.56 Å². The number of aromatic nitrogens is 1. The number of nitrogens with zero attached hydrogens (tertiary/aromatic N) is 2. The van der Waals surface area contributed by atoms with E-state index in [0.29, 0.717) is 11.3 Å². The normalized spacial score (nSPS) is 11.6. The highest BCUT2D eigenvalue weighted by Gasteiger charge is 2.08. The van der Waals surface area contributed by atoms with Crippen LogP contribution in [0.3, 0.4) is 0 Å². The number of amides is 1. The van der Waals surface area contributed by atoms with E-state index in [1.165, 1.54) is 23.7 Å². The lowest BCUT2D eigenvalue weighted by molar-refractivity contribution is 0.0696. The van der Waals surface area contributed by atoms with Crippen LogP contribution in [0.2, 0.25) is 0 Å². The van der Waals surface area contributed by atoms with Crippen molar-refractivity contribution in [1.82, 2.24) is 4.57 Å². The van der Waals surface area contributed by atoms with Crippen LogP contribution >= 0.6 is 11.3 Å². The Morgan fingerprint density at radius 2 is 2.13 bits per heavy atom. The third-order valence-electron chi connectivity index (χ3n) is 3.12. The van der Waals surface area contributed by atoms with Gasteiger partial charge in [0.15, 0.2) is 10.6 Å². The summed E-state index contributed by atoms with van der Waals surface area (Å²) in [5.41, 5.74) is 1.04. The molecule has 1 amide bonds. The number of rotatable bonds is 4. The first-order valence-corrected chi connectivity index (χ1v) is 7.60. The van der Waals surface area contributed by atoms with Crippen LogP contribution in [0.25, 0.3) is 0 Å². The first-order chi connectivity index (χ1) is 11.1. The Hall–Kier alpha value is -2.93. The third-order valence-corrected chi connectivity index (χ3v) is 3.91. The standard InChI is InChI=1S/C16H12N2O4S/c19-14(13-5-2-7-22-13)17-16-18(6-8-23-16)10-11-3-1-4-12(9-11)15(20)21/h1-9H,10H2,(H,20,21). The number of benzene rings is 1. The Balaban J connectivity index is 1.88. The van der Waals surface area contributed by atoms with Gasteiger partial charge in [-0.3, -0.25) is 4.79 Å². The van der Waals surface area contributed by atoms with Gasteiger partial charge in [0, 0.05) is 18.1 Å². The lowest BCUT2D eigenvalue weighted by Crippen LogP contribution is -2.17. The maximum atomic E-state index is 12.0. The van der Waals surface area contributed by atoms with Crippen molar-refractivity contribution in [3.05, 3.63) is 75.9 Å². The zero-order chi connectivity index (χ0) is 16.2. The summed E-state index contributed by atoms with van der Waals surface area (Å²) in [5.74, 6) is -1.25. The molecule has 2 aromatic heterocycles. The second kappa shape index (κ2) is 6.45. The monoisotopic (exact) mass is 328 g/mol. The number of carbonyl (C=O) groups excluding carboxylic acids is 1. The summed E-state index contributed by atoms with van der Waals surface area (Å²) in [4.78, 5) is 27.6. The van der Waals surface area contributed by atoms with Crippen molar-refractivity contribution in [2.45, 2.75) is 6.54 Å². The molecule has 0 atom stereocenters. The molecule has 2 heterocycles. The van der Waals surface area contributed by atoms with Gasteiger partial charge in [-0.1, -0.05) is 12.1 Å². The Kier molecular flexibility index (Phi) is 4.20. The Bertz CT molecular complexity index is 906. The highest BCUT2D eigenvalue weighted by molar-refractivity contribution is 7.07. The van der Waals surface area contributed by atoms with Crippen molar-refractivity contribution in [1.29, 1.82) is 0 Å². The molecule has 0 fully saturated rings. The number of thiazole rings is 1. The zero-order valence-corrected chi connectivity index (χ0v) is 12.7. The predicted octanol–water partition coefficient (Wildman–Crippen LogP) is 2.63. The first-order valence-electron chi connectivity index (χ1n) is 6.72. The molecule has 0 aliphatic carbocycles. The van der Waals surface area contributed by atoms with E-state index in [1.54, 1.807) is 35.0 Å². The molecule has 0 saturated heterocycles. The number of aromatic carboxylic acids is 1. The Morgan fingerprint density at radius 3 is 2.87 bits per heavy atom. The van der Waals surface area contributed by atoms with Gasteiger partial charge < -0.3 is 14.1 Å². The van der Waals surface area contributed by atoms with Crippen molar-refractivity contribution in [2.24, 2.45) is 4.99 Å². The van der Waals surface area contributed by atoms with Gasteiger partial charge in [-0.2, -0.15) is 4.99 Å². The number of carbonyl (C=O) groups is 2. The molecule has 116 valence electrons. The fourth-order valence-corrected chi connectivity index (χ4v) is 2.77. The molecular weight excluding hydrogens is 316 g/mol. The number of carboxylic acid groups (broad SMARTS) is 1. The quantitative estimate of drug-likeness (QED) is 0.798. The van der Waals surface area contributed by atoms with Gasteiger partial charge in [-0.15, -0.1) is 11.3 Å². The summed E-state index contributed by atoms with van der Waals surface area (Å²) < 4.78 is 6.82. The molecule has 0 saturated carbocycles. The van der Waals surface area contributed by atoms with E-state index in [-0.39, 0.29) is 11.3 Å². The maximum absolute atomic E-state index is 12.0. The minimum Gasteiger partial charge on any atom is -0.478 e. The molecule has 1 N–H and O–H groups in total. The van der Waals surface area contributed by atoms with E-state index in [1.807, 2.05) is 11.4 Å². The third kappa shape index (κ3) is 3.46. The summed E-state index contributed by atoms with van der Waals surface area (Å²) in [5, 5.41) is 10.9. The summed E-state index contributed by atoms with van der Waals surface area (Å²) in [6.07, 6.45) is 3.22. The summed E-state index contributed by atoms with van der Waals surface area (Å²) >= 11 is 1.32. The fraction of sp³-hybridized carbons (Fsp3) is 0.0625. The molecule has 3 aromatic rings. The average molecular weight is 328 g/mol. The predicted molar refractivity (Wildman–Crippen MR) is 83.4 cm³/mol. The molecular formula is C16H12N2O4S. The Morgan fingerprint density at radius 1 is 1.26 bits per heavy atom. The first kappa shape index (κ1) is 15.0. The minimum absolute atomic E-state index is 0.179. The van der Waals surface area contributed by atoms with Crippen molar-refractivity contribution in [2.75, 3.05) is 0 Å². The lowest BCUT2D eigenvalue weighted by Gasteiger charge is -2.04. The molecule has 0 bridgehead atoms. The van der Waals surface area contributed by atoms with Crippen molar-refractivity contribution in [3.8, 4) is 0 Å². The van der Waals surface area contributed by atoms with Crippen molar-refractivity contribution < 1.29 is 19.1 Å². The van der Waals surface area contributed by atoms with E-state index in [9.17, 15) is 9.59 Å². The molecule has 3 rings (SSSR count). The lowest BCUT2D eigenvalue weighted by atomic mass is 10.1. The van der Waals surface area contributed by atoms with Crippen LogP contribution in [-0.4, -0.2) is 21.6 Å². The van der Waals surface area contributed by atoms with Crippen LogP contribution in [0.4, 0.5) is 0 Å². The van der Waals surface area contributed by atoms with Gasteiger partial charge in [0.1, 0.15) is 0 Å². The number of furan rings is 1. The van der Waals surface area contributed by atoms with Crippen LogP contribution in [0.1, 0.15) is 26.5 Å². The highest BCUT2D eigenvalue weighted by atomic mass is 32.1. The topological polar surface area (TPSA) is 84.8 Å². The molecule has 7 heteroatoms. The Labute approximate surface area is 135 Å². The largest absolute Gasteiger partial charge is 0.478 e. The van der Waals surface area contributed by atoms with E-state index in [2.05, 4.69) is 4.99 Å². The van der Waals surface area contributed by atoms with Gasteiger partial charge in [0.25, 0.3) is 0 Å². The molecule has 23 heavy (non-hydrogen) atoms. The summed E-state index contributed by atoms with van der Waals surface area (Å²) in [7, 11) is 0. The van der Waals surface area contributed by atoms with Crippen molar-refractivity contribution >= 4 is 23.2 Å².